The molecule has 5 rings (SSSR count). The highest BCUT2D eigenvalue weighted by Gasteiger charge is 2.36. The van der Waals surface area contributed by atoms with E-state index < -0.39 is 5.60 Å². The smallest absolute Gasteiger partial charge is 0.410 e. The number of aromatic nitrogens is 1. The second-order valence-corrected chi connectivity index (χ2v) is 14.3. The molecule has 3 aliphatic rings. The molecule has 0 radical (unpaired) electrons. The fourth-order valence-electron chi connectivity index (χ4n) is 6.20. The molecule has 0 unspecified atom stereocenters. The number of hydrogen-bond donors (Lipinski definition) is 0. The SMILES string of the molecule is CC(C)(C)OC(=O)N1CCC(=CC(=O)N2CCC([C@H]3c4ncc(Br)cc4CCc4cc(Cl)cc(Br)c43)CC2)CC1. The molecular formula is C31H36Br2ClN3O3. The van der Waals surface area contributed by atoms with Gasteiger partial charge in [0, 0.05) is 58.3 Å². The first-order valence-corrected chi connectivity index (χ1v) is 16.0. The fraction of sp³-hybridized carbons (Fsp3) is 0.516. The molecule has 0 spiro atoms. The van der Waals surface area contributed by atoms with Crippen LogP contribution < -0.4 is 0 Å². The number of benzene rings is 1. The molecule has 1 aliphatic carbocycles. The van der Waals surface area contributed by atoms with Crippen LogP contribution in [0.4, 0.5) is 4.79 Å². The summed E-state index contributed by atoms with van der Waals surface area (Å²) in [5.41, 5.74) is 5.59. The maximum Gasteiger partial charge on any atom is 0.410 e. The summed E-state index contributed by atoms with van der Waals surface area (Å²) in [4.78, 5) is 34.3. The molecule has 9 heteroatoms. The number of rotatable bonds is 2. The third-order valence-electron chi connectivity index (χ3n) is 8.12. The van der Waals surface area contributed by atoms with E-state index in [1.807, 2.05) is 37.9 Å². The van der Waals surface area contributed by atoms with Crippen molar-refractivity contribution in [2.75, 3.05) is 26.2 Å². The summed E-state index contributed by atoms with van der Waals surface area (Å²) in [5.74, 6) is 0.603. The molecule has 2 amide bonds. The monoisotopic (exact) mass is 691 g/mol. The largest absolute Gasteiger partial charge is 0.444 e. The zero-order valence-corrected chi connectivity index (χ0v) is 27.2. The van der Waals surface area contributed by atoms with E-state index in [9.17, 15) is 9.59 Å². The lowest BCUT2D eigenvalue weighted by molar-refractivity contribution is -0.127. The molecule has 2 fully saturated rings. The van der Waals surface area contributed by atoms with Gasteiger partial charge in [0.25, 0.3) is 0 Å². The van der Waals surface area contributed by atoms with Gasteiger partial charge in [0.2, 0.25) is 5.91 Å². The number of piperidine rings is 2. The highest BCUT2D eigenvalue weighted by molar-refractivity contribution is 9.10. The molecule has 2 aliphatic heterocycles. The molecule has 0 N–H and O–H groups in total. The molecule has 214 valence electrons. The number of carbonyl (C=O) groups is 2. The summed E-state index contributed by atoms with van der Waals surface area (Å²) in [6.07, 6.45) is 8.51. The summed E-state index contributed by atoms with van der Waals surface area (Å²) < 4.78 is 7.53. The number of nitrogens with zero attached hydrogens (tertiary/aromatic N) is 3. The Morgan fingerprint density at radius 2 is 1.65 bits per heavy atom. The van der Waals surface area contributed by atoms with Gasteiger partial charge in [-0.25, -0.2) is 4.79 Å². The summed E-state index contributed by atoms with van der Waals surface area (Å²) in [6.45, 7) is 8.23. The molecule has 2 saturated heterocycles. The summed E-state index contributed by atoms with van der Waals surface area (Å²) in [5, 5.41) is 0.745. The number of fused-ring (bicyclic) bond motifs is 2. The van der Waals surface area contributed by atoms with Gasteiger partial charge < -0.3 is 14.5 Å². The maximum atomic E-state index is 13.2. The molecule has 0 bridgehead atoms. The Balaban J connectivity index is 1.27. The van der Waals surface area contributed by atoms with Crippen molar-refractivity contribution >= 4 is 55.5 Å². The zero-order valence-electron chi connectivity index (χ0n) is 23.3. The normalized spacial score (nSPS) is 19.9. The number of hydrogen-bond acceptors (Lipinski definition) is 4. The molecule has 0 saturated carbocycles. The summed E-state index contributed by atoms with van der Waals surface area (Å²) in [6, 6.07) is 6.31. The lowest BCUT2D eigenvalue weighted by Gasteiger charge is -2.37. The molecule has 40 heavy (non-hydrogen) atoms. The Bertz CT molecular complexity index is 1320. The van der Waals surface area contributed by atoms with Crippen molar-refractivity contribution in [3.63, 3.8) is 0 Å². The van der Waals surface area contributed by atoms with Gasteiger partial charge >= 0.3 is 6.09 Å². The van der Waals surface area contributed by atoms with E-state index in [-0.39, 0.29) is 17.9 Å². The van der Waals surface area contributed by atoms with Crippen LogP contribution in [0.25, 0.3) is 0 Å². The van der Waals surface area contributed by atoms with Gasteiger partial charge in [0.05, 0.1) is 5.69 Å². The number of ether oxygens (including phenoxy) is 1. The van der Waals surface area contributed by atoms with Gasteiger partial charge in [0.15, 0.2) is 0 Å². The van der Waals surface area contributed by atoms with Gasteiger partial charge in [0.1, 0.15) is 5.60 Å². The number of pyridine rings is 1. The molecule has 3 heterocycles. The third-order valence-corrected chi connectivity index (χ3v) is 9.43. The predicted molar refractivity (Wildman–Crippen MR) is 165 cm³/mol. The first-order valence-electron chi connectivity index (χ1n) is 14.1. The highest BCUT2D eigenvalue weighted by Crippen LogP contribution is 2.46. The van der Waals surface area contributed by atoms with Crippen molar-refractivity contribution in [3.8, 4) is 0 Å². The Morgan fingerprint density at radius 1 is 0.975 bits per heavy atom. The first kappa shape index (κ1) is 29.6. The molecular weight excluding hydrogens is 658 g/mol. The van der Waals surface area contributed by atoms with Crippen molar-refractivity contribution in [1.82, 2.24) is 14.8 Å². The minimum absolute atomic E-state index is 0.0795. The number of aryl methyl sites for hydroxylation is 2. The van der Waals surface area contributed by atoms with Crippen molar-refractivity contribution in [2.24, 2.45) is 5.92 Å². The molecule has 2 aromatic rings. The Hall–Kier alpha value is -1.90. The van der Waals surface area contributed by atoms with Crippen molar-refractivity contribution in [3.05, 3.63) is 72.4 Å². The van der Waals surface area contributed by atoms with Gasteiger partial charge in [-0.3, -0.25) is 9.78 Å². The second kappa shape index (κ2) is 12.1. The van der Waals surface area contributed by atoms with E-state index in [2.05, 4.69) is 44.0 Å². The third kappa shape index (κ3) is 6.76. The number of amides is 2. The van der Waals surface area contributed by atoms with E-state index in [0.717, 1.165) is 64.0 Å². The van der Waals surface area contributed by atoms with E-state index >= 15 is 0 Å². The van der Waals surface area contributed by atoms with E-state index in [1.54, 1.807) is 11.0 Å². The number of likely N-dealkylation sites (tertiary alicyclic amines) is 2. The number of carbonyl (C=O) groups excluding carboxylic acids is 2. The van der Waals surface area contributed by atoms with Crippen LogP contribution in [0, 0.1) is 5.92 Å². The van der Waals surface area contributed by atoms with Gasteiger partial charge in [-0.05, 0) is 116 Å². The van der Waals surface area contributed by atoms with Crippen LogP contribution in [0.5, 0.6) is 0 Å². The van der Waals surface area contributed by atoms with Crippen molar-refractivity contribution < 1.29 is 14.3 Å². The van der Waals surface area contributed by atoms with Crippen LogP contribution in [0.1, 0.15) is 74.8 Å². The highest BCUT2D eigenvalue weighted by atomic mass is 79.9. The van der Waals surface area contributed by atoms with Crippen LogP contribution in [0.2, 0.25) is 5.02 Å². The minimum Gasteiger partial charge on any atom is -0.444 e. The topological polar surface area (TPSA) is 62.7 Å². The van der Waals surface area contributed by atoms with Crippen LogP contribution >= 0.6 is 43.5 Å². The maximum absolute atomic E-state index is 13.2. The van der Waals surface area contributed by atoms with E-state index in [4.69, 9.17) is 21.3 Å². The van der Waals surface area contributed by atoms with Crippen LogP contribution in [-0.4, -0.2) is 58.6 Å². The Kier molecular flexibility index (Phi) is 8.98. The van der Waals surface area contributed by atoms with Crippen molar-refractivity contribution in [1.29, 1.82) is 0 Å². The average molecular weight is 694 g/mol. The van der Waals surface area contributed by atoms with E-state index in [0.29, 0.717) is 31.8 Å². The standard InChI is InChI=1S/C31H36Br2ClN3O3/c1-31(2,3)40-30(39)37-10-6-19(7-11-37)14-26(38)36-12-8-20(9-13-36)28-27-21(16-24(34)17-25(27)33)4-5-22-15-23(32)18-35-29(22)28/h14-18,20,28H,4-13H2,1-3H3/t28-/m1/s1. The van der Waals surface area contributed by atoms with Gasteiger partial charge in [-0.15, -0.1) is 0 Å². The molecule has 1 atom stereocenters. The van der Waals surface area contributed by atoms with Crippen LogP contribution in [-0.2, 0) is 22.4 Å². The second-order valence-electron chi connectivity index (χ2n) is 12.1. The predicted octanol–water partition coefficient (Wildman–Crippen LogP) is 7.69. The van der Waals surface area contributed by atoms with Crippen LogP contribution in [0.15, 0.2) is 45.0 Å². The molecule has 6 nitrogen and oxygen atoms in total. The summed E-state index contributed by atoms with van der Waals surface area (Å²) >= 11 is 13.9. The van der Waals surface area contributed by atoms with E-state index in [1.165, 1.54) is 16.7 Å². The quantitative estimate of drug-likeness (QED) is 0.303. The Labute approximate surface area is 258 Å². The van der Waals surface area contributed by atoms with Gasteiger partial charge in [-0.1, -0.05) is 33.1 Å². The lowest BCUT2D eigenvalue weighted by atomic mass is 9.76. The first-order chi connectivity index (χ1) is 19.0. The number of halogens is 3. The minimum atomic E-state index is -0.508. The fourth-order valence-corrected chi connectivity index (χ4v) is 7.70. The molecule has 1 aromatic heterocycles. The average Bonchev–Trinajstić information content (AvgIpc) is 3.05. The summed E-state index contributed by atoms with van der Waals surface area (Å²) in [7, 11) is 0. The van der Waals surface area contributed by atoms with Gasteiger partial charge in [-0.2, -0.15) is 0 Å². The van der Waals surface area contributed by atoms with Crippen LogP contribution in [0.3, 0.4) is 0 Å². The Morgan fingerprint density at radius 3 is 2.33 bits per heavy atom. The molecule has 1 aromatic carbocycles. The zero-order chi connectivity index (χ0) is 28.6. The lowest BCUT2D eigenvalue weighted by Crippen LogP contribution is -2.41. The van der Waals surface area contributed by atoms with Crippen molar-refractivity contribution in [2.45, 2.75) is 70.8 Å².